The molecule has 0 bridgehead atoms. The van der Waals surface area contributed by atoms with Gasteiger partial charge < -0.3 is 15.6 Å². The lowest BCUT2D eigenvalue weighted by Crippen LogP contribution is -2.26. The highest BCUT2D eigenvalue weighted by Gasteiger charge is 2.25. The van der Waals surface area contributed by atoms with Crippen LogP contribution in [0.15, 0.2) is 12.3 Å². The quantitative estimate of drug-likeness (QED) is 0.899. The Balaban J connectivity index is 1.56. The third kappa shape index (κ3) is 2.65. The van der Waals surface area contributed by atoms with Gasteiger partial charge in [0.15, 0.2) is 0 Å². The van der Waals surface area contributed by atoms with E-state index in [2.05, 4.69) is 21.2 Å². The summed E-state index contributed by atoms with van der Waals surface area (Å²) >= 11 is 0. The highest BCUT2D eigenvalue weighted by Crippen LogP contribution is 2.30. The van der Waals surface area contributed by atoms with Crippen LogP contribution in [0.4, 0.5) is 0 Å². The van der Waals surface area contributed by atoms with E-state index >= 15 is 0 Å². The van der Waals surface area contributed by atoms with Crippen molar-refractivity contribution in [3.05, 3.63) is 40.5 Å². The van der Waals surface area contributed by atoms with E-state index in [1.54, 1.807) is 0 Å². The monoisotopic (exact) mass is 327 g/mol. The van der Waals surface area contributed by atoms with E-state index < -0.39 is 0 Å². The van der Waals surface area contributed by atoms with E-state index in [-0.39, 0.29) is 5.91 Å². The molecule has 3 heterocycles. The Morgan fingerprint density at radius 3 is 3.08 bits per heavy atom. The molecule has 3 N–H and O–H groups in total. The molecule has 2 aliphatic rings. The van der Waals surface area contributed by atoms with E-state index in [4.69, 9.17) is 5.73 Å². The van der Waals surface area contributed by atoms with Crippen LogP contribution in [0, 0.1) is 0 Å². The molecule has 24 heavy (non-hydrogen) atoms. The van der Waals surface area contributed by atoms with Gasteiger partial charge in [-0.3, -0.25) is 9.48 Å². The number of carbonyl (C=O) groups excluding carboxylic acids is 1. The molecule has 0 saturated carbocycles. The lowest BCUT2D eigenvalue weighted by atomic mass is 9.93. The molecule has 0 unspecified atom stereocenters. The zero-order chi connectivity index (χ0) is 16.7. The average molecular weight is 327 g/mol. The lowest BCUT2D eigenvalue weighted by molar-refractivity contribution is 0.0999. The van der Waals surface area contributed by atoms with E-state index in [0.29, 0.717) is 11.6 Å². The van der Waals surface area contributed by atoms with Crippen molar-refractivity contribution in [3.8, 4) is 0 Å². The summed E-state index contributed by atoms with van der Waals surface area (Å²) in [7, 11) is 1.98. The molecular weight excluding hydrogens is 302 g/mol. The maximum Gasteiger partial charge on any atom is 0.250 e. The van der Waals surface area contributed by atoms with E-state index in [9.17, 15) is 4.79 Å². The summed E-state index contributed by atoms with van der Waals surface area (Å²) in [5.74, 6) is -0.306. The predicted molar refractivity (Wildman–Crippen MR) is 91.6 cm³/mol. The van der Waals surface area contributed by atoms with Crippen LogP contribution < -0.4 is 11.1 Å². The Hall–Kier alpha value is -2.08. The zero-order valence-electron chi connectivity index (χ0n) is 14.2. The van der Waals surface area contributed by atoms with Gasteiger partial charge in [-0.05, 0) is 44.6 Å². The van der Waals surface area contributed by atoms with Crippen molar-refractivity contribution in [1.29, 1.82) is 0 Å². The lowest BCUT2D eigenvalue weighted by Gasteiger charge is -2.24. The SMILES string of the molecule is Cn1cc2c(n1)CCC[C@@H]2NCc1cc(C(N)=O)c2n1CCCC2. The Morgan fingerprint density at radius 2 is 2.25 bits per heavy atom. The number of hydrogen-bond donors (Lipinski definition) is 2. The van der Waals surface area contributed by atoms with E-state index in [1.807, 2.05) is 17.8 Å². The Kier molecular flexibility index (Phi) is 3.92. The second kappa shape index (κ2) is 6.09. The number of nitrogens with two attached hydrogens (primary N) is 1. The molecule has 0 fully saturated rings. The van der Waals surface area contributed by atoms with Crippen LogP contribution in [0.1, 0.15) is 64.7 Å². The maximum absolute atomic E-state index is 11.7. The molecule has 6 nitrogen and oxygen atoms in total. The largest absolute Gasteiger partial charge is 0.366 e. The van der Waals surface area contributed by atoms with Crippen molar-refractivity contribution in [2.75, 3.05) is 0 Å². The minimum atomic E-state index is -0.306. The number of nitrogens with zero attached hydrogens (tertiary/aromatic N) is 3. The fourth-order valence-corrected chi connectivity index (χ4v) is 4.22. The van der Waals surface area contributed by atoms with Crippen LogP contribution in [-0.4, -0.2) is 20.3 Å². The fraction of sp³-hybridized carbons (Fsp3) is 0.556. The second-order valence-corrected chi connectivity index (χ2v) is 7.00. The van der Waals surface area contributed by atoms with Crippen LogP contribution >= 0.6 is 0 Å². The Bertz CT molecular complexity index is 773. The Labute approximate surface area is 142 Å². The molecule has 0 aromatic carbocycles. The molecule has 4 rings (SSSR count). The standard InChI is InChI=1S/C18H25N5O/c1-22-11-14-15(5-4-6-16(14)21-22)20-10-12-9-13(18(19)24)17-7-2-3-8-23(12)17/h9,11,15,20H,2-8,10H2,1H3,(H2,19,24)/t15-/m0/s1. The first-order chi connectivity index (χ1) is 11.6. The third-order valence-electron chi connectivity index (χ3n) is 5.35. The summed E-state index contributed by atoms with van der Waals surface area (Å²) in [6, 6.07) is 2.33. The van der Waals surface area contributed by atoms with Crippen LogP contribution in [-0.2, 0) is 33.0 Å². The molecule has 6 heteroatoms. The number of aryl methyl sites for hydroxylation is 2. The number of fused-ring (bicyclic) bond motifs is 2. The van der Waals surface area contributed by atoms with Crippen LogP contribution in [0.5, 0.6) is 0 Å². The highest BCUT2D eigenvalue weighted by atomic mass is 16.1. The van der Waals surface area contributed by atoms with Crippen molar-refractivity contribution in [3.63, 3.8) is 0 Å². The molecule has 0 radical (unpaired) electrons. The minimum Gasteiger partial charge on any atom is -0.366 e. The van der Waals surface area contributed by atoms with Gasteiger partial charge in [0, 0.05) is 49.3 Å². The summed E-state index contributed by atoms with van der Waals surface area (Å²) in [5, 5.41) is 8.25. The van der Waals surface area contributed by atoms with Gasteiger partial charge in [0.25, 0.3) is 5.91 Å². The molecule has 0 saturated heterocycles. The number of amides is 1. The predicted octanol–water partition coefficient (Wildman–Crippen LogP) is 1.82. The fourth-order valence-electron chi connectivity index (χ4n) is 4.22. The van der Waals surface area contributed by atoms with Crippen LogP contribution in [0.25, 0.3) is 0 Å². The highest BCUT2D eigenvalue weighted by molar-refractivity contribution is 5.94. The van der Waals surface area contributed by atoms with Crippen LogP contribution in [0.3, 0.4) is 0 Å². The van der Waals surface area contributed by atoms with E-state index in [1.165, 1.54) is 29.8 Å². The molecule has 1 aliphatic heterocycles. The number of aromatic nitrogens is 3. The summed E-state index contributed by atoms with van der Waals surface area (Å²) in [6.07, 6.45) is 8.76. The number of rotatable bonds is 4. The van der Waals surface area contributed by atoms with Gasteiger partial charge >= 0.3 is 0 Å². The van der Waals surface area contributed by atoms with Gasteiger partial charge in [-0.15, -0.1) is 0 Å². The van der Waals surface area contributed by atoms with Crippen molar-refractivity contribution in [2.45, 2.75) is 57.7 Å². The topological polar surface area (TPSA) is 77.9 Å². The first kappa shape index (κ1) is 15.4. The molecule has 1 atom stereocenters. The van der Waals surface area contributed by atoms with Gasteiger partial charge in [0.1, 0.15) is 0 Å². The molecule has 1 aliphatic carbocycles. The van der Waals surface area contributed by atoms with Crippen molar-refractivity contribution in [2.24, 2.45) is 12.8 Å². The third-order valence-corrected chi connectivity index (χ3v) is 5.35. The summed E-state index contributed by atoms with van der Waals surface area (Å²) in [5.41, 5.74) is 11.1. The first-order valence-electron chi connectivity index (χ1n) is 8.90. The van der Waals surface area contributed by atoms with Crippen molar-refractivity contribution < 1.29 is 4.79 Å². The van der Waals surface area contributed by atoms with Gasteiger partial charge in [-0.25, -0.2) is 0 Å². The summed E-state index contributed by atoms with van der Waals surface area (Å²) in [4.78, 5) is 11.7. The van der Waals surface area contributed by atoms with Crippen molar-refractivity contribution in [1.82, 2.24) is 19.7 Å². The molecule has 2 aromatic rings. The number of nitrogens with one attached hydrogen (secondary N) is 1. The van der Waals surface area contributed by atoms with Gasteiger partial charge in [-0.2, -0.15) is 5.10 Å². The molecule has 128 valence electrons. The molecule has 2 aromatic heterocycles. The molecular formula is C18H25N5O. The molecule has 0 spiro atoms. The van der Waals surface area contributed by atoms with Gasteiger partial charge in [0.05, 0.1) is 11.3 Å². The normalized spacial score (nSPS) is 19.8. The summed E-state index contributed by atoms with van der Waals surface area (Å²) < 4.78 is 4.21. The number of primary amides is 1. The minimum absolute atomic E-state index is 0.306. The summed E-state index contributed by atoms with van der Waals surface area (Å²) in [6.45, 7) is 1.75. The van der Waals surface area contributed by atoms with Crippen molar-refractivity contribution >= 4 is 5.91 Å². The maximum atomic E-state index is 11.7. The van der Waals surface area contributed by atoms with Crippen LogP contribution in [0.2, 0.25) is 0 Å². The number of carbonyl (C=O) groups is 1. The number of hydrogen-bond acceptors (Lipinski definition) is 3. The van der Waals surface area contributed by atoms with E-state index in [0.717, 1.165) is 44.5 Å². The second-order valence-electron chi connectivity index (χ2n) is 7.00. The van der Waals surface area contributed by atoms with Gasteiger partial charge in [-0.1, -0.05) is 0 Å². The average Bonchev–Trinajstić information content (AvgIpc) is 3.13. The molecule has 1 amide bonds. The Morgan fingerprint density at radius 1 is 1.38 bits per heavy atom. The van der Waals surface area contributed by atoms with Gasteiger partial charge in [0.2, 0.25) is 0 Å². The first-order valence-corrected chi connectivity index (χ1v) is 8.90. The smallest absolute Gasteiger partial charge is 0.250 e. The zero-order valence-corrected chi connectivity index (χ0v) is 14.2.